The van der Waals surface area contributed by atoms with Crippen molar-refractivity contribution in [3.63, 3.8) is 0 Å². The number of hydrogen-bond donors (Lipinski definition) is 1. The molecule has 0 bridgehead atoms. The van der Waals surface area contributed by atoms with Gasteiger partial charge in [-0.2, -0.15) is 0 Å². The molecule has 0 radical (unpaired) electrons. The van der Waals surface area contributed by atoms with Gasteiger partial charge in [-0.05, 0) is 46.4 Å². The van der Waals surface area contributed by atoms with E-state index in [4.69, 9.17) is 5.73 Å². The Hall–Kier alpha value is -0.120. The average Bonchev–Trinajstić information content (AvgIpc) is 2.17. The van der Waals surface area contributed by atoms with Crippen molar-refractivity contribution >= 4 is 0 Å². The van der Waals surface area contributed by atoms with E-state index < -0.39 is 0 Å². The van der Waals surface area contributed by atoms with E-state index in [0.29, 0.717) is 0 Å². The predicted octanol–water partition coefficient (Wildman–Crippen LogP) is 0.751. The van der Waals surface area contributed by atoms with Crippen LogP contribution in [0.2, 0.25) is 0 Å². The van der Waals surface area contributed by atoms with E-state index in [-0.39, 0.29) is 0 Å². The molecule has 0 aliphatic carbocycles. The molecule has 0 aromatic carbocycles. The molecule has 1 atom stereocenters. The lowest BCUT2D eigenvalue weighted by atomic mass is 9.99. The van der Waals surface area contributed by atoms with Crippen molar-refractivity contribution in [3.05, 3.63) is 0 Å². The minimum atomic E-state index is 0.787. The number of hydrogen-bond acceptors (Lipinski definition) is 3. The van der Waals surface area contributed by atoms with Gasteiger partial charge in [0.2, 0.25) is 0 Å². The third kappa shape index (κ3) is 3.95. The van der Waals surface area contributed by atoms with E-state index in [2.05, 4.69) is 23.9 Å². The van der Waals surface area contributed by atoms with Gasteiger partial charge in [0.25, 0.3) is 0 Å². The fourth-order valence-corrected chi connectivity index (χ4v) is 2.25. The fraction of sp³-hybridized carbons (Fsp3) is 1.00. The summed E-state index contributed by atoms with van der Waals surface area (Å²) in [6.45, 7) is 4.34. The number of piperidine rings is 1. The van der Waals surface area contributed by atoms with Gasteiger partial charge in [0.1, 0.15) is 0 Å². The van der Waals surface area contributed by atoms with E-state index in [0.717, 1.165) is 19.1 Å². The molecule has 14 heavy (non-hydrogen) atoms. The minimum Gasteiger partial charge on any atom is -0.329 e. The van der Waals surface area contributed by atoms with Crippen LogP contribution >= 0.6 is 0 Å². The van der Waals surface area contributed by atoms with Crippen LogP contribution in [0.4, 0.5) is 0 Å². The Morgan fingerprint density at radius 1 is 1.36 bits per heavy atom. The van der Waals surface area contributed by atoms with Crippen molar-refractivity contribution < 1.29 is 0 Å². The highest BCUT2D eigenvalue weighted by atomic mass is 15.2. The molecule has 1 fully saturated rings. The second-order valence-electron chi connectivity index (χ2n) is 4.57. The van der Waals surface area contributed by atoms with Gasteiger partial charge >= 0.3 is 0 Å². The van der Waals surface area contributed by atoms with Crippen LogP contribution in [0.25, 0.3) is 0 Å². The molecule has 1 unspecified atom stereocenters. The summed E-state index contributed by atoms with van der Waals surface area (Å²) >= 11 is 0. The summed E-state index contributed by atoms with van der Waals surface area (Å²) in [5, 5.41) is 0. The molecule has 3 heteroatoms. The maximum Gasteiger partial charge on any atom is 0.0108 e. The van der Waals surface area contributed by atoms with Gasteiger partial charge in [-0.25, -0.2) is 0 Å². The molecular weight excluding hydrogens is 174 g/mol. The smallest absolute Gasteiger partial charge is 0.0108 e. The first-order valence-electron chi connectivity index (χ1n) is 5.83. The molecule has 84 valence electrons. The Bertz CT molecular complexity index is 145. The largest absolute Gasteiger partial charge is 0.329 e. The molecule has 0 aromatic rings. The minimum absolute atomic E-state index is 0.787. The quantitative estimate of drug-likeness (QED) is 0.709. The van der Waals surface area contributed by atoms with Crippen LogP contribution in [0.15, 0.2) is 0 Å². The summed E-state index contributed by atoms with van der Waals surface area (Å²) in [5.41, 5.74) is 5.63. The van der Waals surface area contributed by atoms with Gasteiger partial charge in [-0.1, -0.05) is 6.42 Å². The van der Waals surface area contributed by atoms with Gasteiger partial charge in [0, 0.05) is 19.1 Å². The van der Waals surface area contributed by atoms with E-state index >= 15 is 0 Å². The molecule has 2 N–H and O–H groups in total. The molecule has 1 heterocycles. The molecule has 1 aliphatic rings. The lowest BCUT2D eigenvalue weighted by Gasteiger charge is -2.36. The summed E-state index contributed by atoms with van der Waals surface area (Å²) in [7, 11) is 4.30. The highest BCUT2D eigenvalue weighted by molar-refractivity contribution is 4.77. The number of nitrogens with two attached hydrogens (primary N) is 1. The van der Waals surface area contributed by atoms with Crippen molar-refractivity contribution in [1.82, 2.24) is 9.80 Å². The second-order valence-corrected chi connectivity index (χ2v) is 4.57. The van der Waals surface area contributed by atoms with E-state index in [9.17, 15) is 0 Å². The summed E-state index contributed by atoms with van der Waals surface area (Å²) in [5.74, 6) is 0. The van der Waals surface area contributed by atoms with Crippen molar-refractivity contribution in [2.45, 2.75) is 31.7 Å². The van der Waals surface area contributed by atoms with Gasteiger partial charge in [0.15, 0.2) is 0 Å². The lowest BCUT2D eigenvalue weighted by molar-refractivity contribution is 0.136. The molecule has 1 rings (SSSR count). The zero-order chi connectivity index (χ0) is 10.4. The topological polar surface area (TPSA) is 32.5 Å². The Morgan fingerprint density at radius 3 is 2.79 bits per heavy atom. The number of nitrogens with zero attached hydrogens (tertiary/aromatic N) is 2. The molecule has 3 nitrogen and oxygen atoms in total. The first-order chi connectivity index (χ1) is 6.74. The van der Waals surface area contributed by atoms with Gasteiger partial charge in [0.05, 0.1) is 0 Å². The standard InChI is InChI=1S/C11H25N3/c1-13(2)9-6-11-5-3-4-8-14(11)10-7-12/h11H,3-10,12H2,1-2H3. The zero-order valence-corrected chi connectivity index (χ0v) is 9.71. The highest BCUT2D eigenvalue weighted by Crippen LogP contribution is 2.18. The van der Waals surface area contributed by atoms with Crippen LogP contribution < -0.4 is 5.73 Å². The van der Waals surface area contributed by atoms with Crippen LogP contribution in [-0.2, 0) is 0 Å². The summed E-state index contributed by atoms with van der Waals surface area (Å²) in [6.07, 6.45) is 5.43. The molecule has 0 spiro atoms. The summed E-state index contributed by atoms with van der Waals surface area (Å²) < 4.78 is 0. The predicted molar refractivity (Wildman–Crippen MR) is 61.4 cm³/mol. The SMILES string of the molecule is CN(C)CCC1CCCCN1CCN. The number of likely N-dealkylation sites (tertiary alicyclic amines) is 1. The molecular formula is C11H25N3. The zero-order valence-electron chi connectivity index (χ0n) is 9.71. The van der Waals surface area contributed by atoms with Gasteiger partial charge in [-0.15, -0.1) is 0 Å². The maximum atomic E-state index is 5.63. The van der Waals surface area contributed by atoms with Gasteiger partial charge in [-0.3, -0.25) is 4.90 Å². The lowest BCUT2D eigenvalue weighted by Crippen LogP contribution is -2.43. The van der Waals surface area contributed by atoms with Crippen molar-refractivity contribution in [2.75, 3.05) is 40.3 Å². The van der Waals surface area contributed by atoms with Crippen molar-refractivity contribution in [1.29, 1.82) is 0 Å². The Labute approximate surface area is 88.2 Å². The molecule has 0 amide bonds. The molecule has 1 saturated heterocycles. The monoisotopic (exact) mass is 199 g/mol. The van der Waals surface area contributed by atoms with Crippen LogP contribution in [0.3, 0.4) is 0 Å². The summed E-state index contributed by atoms with van der Waals surface area (Å²) in [4.78, 5) is 4.85. The van der Waals surface area contributed by atoms with E-state index in [1.54, 1.807) is 0 Å². The van der Waals surface area contributed by atoms with E-state index in [1.807, 2.05) is 0 Å². The van der Waals surface area contributed by atoms with Crippen LogP contribution in [-0.4, -0.2) is 56.1 Å². The second kappa shape index (κ2) is 6.38. The molecule has 0 aromatic heterocycles. The molecule has 1 aliphatic heterocycles. The third-order valence-electron chi connectivity index (χ3n) is 3.07. The van der Waals surface area contributed by atoms with Crippen molar-refractivity contribution in [2.24, 2.45) is 5.73 Å². The Kier molecular flexibility index (Phi) is 5.45. The maximum absolute atomic E-state index is 5.63. The highest BCUT2D eigenvalue weighted by Gasteiger charge is 2.20. The summed E-state index contributed by atoms with van der Waals surface area (Å²) in [6, 6.07) is 0.787. The van der Waals surface area contributed by atoms with E-state index in [1.165, 1.54) is 38.8 Å². The van der Waals surface area contributed by atoms with Crippen LogP contribution in [0.1, 0.15) is 25.7 Å². The Morgan fingerprint density at radius 2 is 2.14 bits per heavy atom. The van der Waals surface area contributed by atoms with Crippen LogP contribution in [0.5, 0.6) is 0 Å². The molecule has 0 saturated carbocycles. The van der Waals surface area contributed by atoms with Crippen LogP contribution in [0, 0.1) is 0 Å². The Balaban J connectivity index is 2.30. The number of rotatable bonds is 5. The average molecular weight is 199 g/mol. The third-order valence-corrected chi connectivity index (χ3v) is 3.07. The normalized spacial score (nSPS) is 24.4. The first-order valence-corrected chi connectivity index (χ1v) is 5.83. The first kappa shape index (κ1) is 12.0. The fourth-order valence-electron chi connectivity index (χ4n) is 2.25. The van der Waals surface area contributed by atoms with Crippen molar-refractivity contribution in [3.8, 4) is 0 Å². The van der Waals surface area contributed by atoms with Gasteiger partial charge < -0.3 is 10.6 Å².